The average molecular weight is 356 g/mol. The molecule has 0 aromatic carbocycles. The van der Waals surface area contributed by atoms with Crippen LogP contribution in [0, 0.1) is 12.8 Å². The molecule has 1 saturated heterocycles. The number of carbonyl (C=O) groups is 2. The SMILES string of the molecule is Cc1nc(CCNC(=O)[C@@H]2CCCN2C(=O)C2CC2)nc2c1CCCC2. The maximum Gasteiger partial charge on any atom is 0.242 e. The summed E-state index contributed by atoms with van der Waals surface area (Å²) in [5.74, 6) is 1.15. The Morgan fingerprint density at radius 1 is 1.12 bits per heavy atom. The molecule has 1 N–H and O–H groups in total. The Labute approximate surface area is 154 Å². The van der Waals surface area contributed by atoms with E-state index in [0.29, 0.717) is 13.0 Å². The third kappa shape index (κ3) is 3.60. The Morgan fingerprint density at radius 2 is 1.92 bits per heavy atom. The molecule has 1 aliphatic heterocycles. The molecule has 3 aliphatic rings. The molecule has 2 heterocycles. The number of hydrogen-bond donors (Lipinski definition) is 1. The summed E-state index contributed by atoms with van der Waals surface area (Å²) in [7, 11) is 0. The van der Waals surface area contributed by atoms with Crippen molar-refractivity contribution in [2.24, 2.45) is 5.92 Å². The van der Waals surface area contributed by atoms with Gasteiger partial charge in [-0.15, -0.1) is 0 Å². The van der Waals surface area contributed by atoms with Gasteiger partial charge in [0.1, 0.15) is 11.9 Å². The van der Waals surface area contributed by atoms with Gasteiger partial charge in [-0.25, -0.2) is 9.97 Å². The molecular formula is C20H28N4O2. The van der Waals surface area contributed by atoms with Gasteiger partial charge in [-0.05, 0) is 63.9 Å². The van der Waals surface area contributed by atoms with Gasteiger partial charge in [0.05, 0.1) is 0 Å². The summed E-state index contributed by atoms with van der Waals surface area (Å²) >= 11 is 0. The molecule has 0 unspecified atom stereocenters. The predicted molar refractivity (Wildman–Crippen MR) is 97.6 cm³/mol. The highest BCUT2D eigenvalue weighted by Gasteiger charge is 2.40. The zero-order chi connectivity index (χ0) is 18.1. The number of likely N-dealkylation sites (tertiary alicyclic amines) is 1. The lowest BCUT2D eigenvalue weighted by atomic mass is 9.95. The van der Waals surface area contributed by atoms with Gasteiger partial charge >= 0.3 is 0 Å². The topological polar surface area (TPSA) is 75.2 Å². The summed E-state index contributed by atoms with van der Waals surface area (Å²) in [6, 6.07) is -0.283. The lowest BCUT2D eigenvalue weighted by molar-refractivity contribution is -0.139. The van der Waals surface area contributed by atoms with E-state index in [9.17, 15) is 9.59 Å². The maximum atomic E-state index is 12.5. The van der Waals surface area contributed by atoms with Crippen molar-refractivity contribution >= 4 is 11.8 Å². The molecule has 26 heavy (non-hydrogen) atoms. The molecular weight excluding hydrogens is 328 g/mol. The Kier molecular flexibility index (Phi) is 4.92. The van der Waals surface area contributed by atoms with E-state index < -0.39 is 0 Å². The Hall–Kier alpha value is -1.98. The summed E-state index contributed by atoms with van der Waals surface area (Å²) < 4.78 is 0. The Balaban J connectivity index is 1.32. The van der Waals surface area contributed by atoms with Crippen LogP contribution < -0.4 is 5.32 Å². The highest BCUT2D eigenvalue weighted by molar-refractivity contribution is 5.89. The second-order valence-corrected chi connectivity index (χ2v) is 7.86. The number of carbonyl (C=O) groups excluding carboxylic acids is 2. The van der Waals surface area contributed by atoms with Crippen molar-refractivity contribution in [3.05, 3.63) is 22.8 Å². The average Bonchev–Trinajstić information content (AvgIpc) is 3.37. The lowest BCUT2D eigenvalue weighted by Crippen LogP contribution is -2.46. The summed E-state index contributed by atoms with van der Waals surface area (Å²) in [5, 5.41) is 3.00. The van der Waals surface area contributed by atoms with Gasteiger partial charge in [0, 0.05) is 36.8 Å². The van der Waals surface area contributed by atoms with Crippen LogP contribution in [-0.2, 0) is 28.9 Å². The minimum atomic E-state index is -0.283. The standard InChI is InChI=1S/C20H28N4O2/c1-13-15-5-2-3-6-16(15)23-18(22-13)10-11-21-19(25)17-7-4-12-24(17)20(26)14-8-9-14/h14,17H,2-12H2,1H3,(H,21,25)/t17-/m0/s1. The van der Waals surface area contributed by atoms with Crippen LogP contribution in [0.2, 0.25) is 0 Å². The number of aromatic nitrogens is 2. The van der Waals surface area contributed by atoms with E-state index in [2.05, 4.69) is 17.2 Å². The summed E-state index contributed by atoms with van der Waals surface area (Å²) in [4.78, 5) is 36.0. The van der Waals surface area contributed by atoms with Crippen molar-refractivity contribution in [1.82, 2.24) is 20.2 Å². The molecule has 1 saturated carbocycles. The van der Waals surface area contributed by atoms with Crippen LogP contribution in [0.25, 0.3) is 0 Å². The van der Waals surface area contributed by atoms with E-state index in [1.165, 1.54) is 24.1 Å². The van der Waals surface area contributed by atoms with Crippen LogP contribution in [0.1, 0.15) is 61.3 Å². The normalized spacial score (nSPS) is 22.2. The number of hydrogen-bond acceptors (Lipinski definition) is 4. The first-order chi connectivity index (χ1) is 12.6. The number of nitrogens with zero attached hydrogens (tertiary/aromatic N) is 3. The number of rotatable bonds is 5. The van der Waals surface area contributed by atoms with Gasteiger partial charge in [0.15, 0.2) is 0 Å². The van der Waals surface area contributed by atoms with E-state index in [1.807, 2.05) is 0 Å². The fourth-order valence-electron chi connectivity index (χ4n) is 4.24. The molecule has 0 radical (unpaired) electrons. The second kappa shape index (κ2) is 7.33. The van der Waals surface area contributed by atoms with Gasteiger partial charge in [-0.2, -0.15) is 0 Å². The number of nitrogens with one attached hydrogen (secondary N) is 1. The first-order valence-corrected chi connectivity index (χ1v) is 10.1. The maximum absolute atomic E-state index is 12.5. The summed E-state index contributed by atoms with van der Waals surface area (Å²) in [6.07, 6.45) is 8.86. The van der Waals surface area contributed by atoms with Crippen molar-refractivity contribution in [1.29, 1.82) is 0 Å². The van der Waals surface area contributed by atoms with Crippen LogP contribution in [-0.4, -0.2) is 45.8 Å². The monoisotopic (exact) mass is 356 g/mol. The first-order valence-electron chi connectivity index (χ1n) is 10.1. The number of amides is 2. The van der Waals surface area contributed by atoms with Crippen LogP contribution in [0.4, 0.5) is 0 Å². The highest BCUT2D eigenvalue weighted by Crippen LogP contribution is 2.33. The zero-order valence-corrected chi connectivity index (χ0v) is 15.6. The van der Waals surface area contributed by atoms with E-state index >= 15 is 0 Å². The summed E-state index contributed by atoms with van der Waals surface area (Å²) in [5.41, 5.74) is 3.61. The van der Waals surface area contributed by atoms with Crippen LogP contribution in [0.3, 0.4) is 0 Å². The first kappa shape index (κ1) is 17.4. The molecule has 6 heteroatoms. The Morgan fingerprint density at radius 3 is 2.73 bits per heavy atom. The van der Waals surface area contributed by atoms with E-state index in [-0.39, 0.29) is 23.8 Å². The molecule has 2 aliphatic carbocycles. The number of fused-ring (bicyclic) bond motifs is 1. The molecule has 1 aromatic heterocycles. The van der Waals surface area contributed by atoms with Crippen molar-refractivity contribution in [3.8, 4) is 0 Å². The molecule has 4 rings (SSSR count). The van der Waals surface area contributed by atoms with Crippen molar-refractivity contribution in [2.75, 3.05) is 13.1 Å². The predicted octanol–water partition coefficient (Wildman–Crippen LogP) is 1.72. The molecule has 1 atom stereocenters. The van der Waals surface area contributed by atoms with Gasteiger partial charge in [-0.3, -0.25) is 9.59 Å². The van der Waals surface area contributed by atoms with Gasteiger partial charge in [0.25, 0.3) is 0 Å². The van der Waals surface area contributed by atoms with Gasteiger partial charge < -0.3 is 10.2 Å². The van der Waals surface area contributed by atoms with Crippen LogP contribution in [0.5, 0.6) is 0 Å². The minimum Gasteiger partial charge on any atom is -0.354 e. The van der Waals surface area contributed by atoms with Crippen molar-refractivity contribution in [2.45, 2.75) is 70.8 Å². The largest absolute Gasteiger partial charge is 0.354 e. The van der Waals surface area contributed by atoms with E-state index in [4.69, 9.17) is 4.98 Å². The smallest absolute Gasteiger partial charge is 0.242 e. The second-order valence-electron chi connectivity index (χ2n) is 7.86. The van der Waals surface area contributed by atoms with Gasteiger partial charge in [-0.1, -0.05) is 0 Å². The molecule has 0 spiro atoms. The molecule has 2 fully saturated rings. The fraction of sp³-hybridized carbons (Fsp3) is 0.700. The van der Waals surface area contributed by atoms with Crippen molar-refractivity contribution in [3.63, 3.8) is 0 Å². The zero-order valence-electron chi connectivity index (χ0n) is 15.6. The summed E-state index contributed by atoms with van der Waals surface area (Å²) in [6.45, 7) is 3.31. The van der Waals surface area contributed by atoms with Crippen LogP contribution in [0.15, 0.2) is 0 Å². The molecule has 1 aromatic rings. The van der Waals surface area contributed by atoms with E-state index in [0.717, 1.165) is 56.6 Å². The molecule has 2 amide bonds. The van der Waals surface area contributed by atoms with E-state index in [1.54, 1.807) is 4.90 Å². The molecule has 6 nitrogen and oxygen atoms in total. The lowest BCUT2D eigenvalue weighted by Gasteiger charge is -2.24. The Bertz CT molecular complexity index is 714. The quantitative estimate of drug-likeness (QED) is 0.872. The number of aryl methyl sites for hydroxylation is 2. The van der Waals surface area contributed by atoms with Gasteiger partial charge in [0.2, 0.25) is 11.8 Å². The molecule has 140 valence electrons. The van der Waals surface area contributed by atoms with Crippen molar-refractivity contribution < 1.29 is 9.59 Å². The van der Waals surface area contributed by atoms with Crippen LogP contribution >= 0.6 is 0 Å². The fourth-order valence-corrected chi connectivity index (χ4v) is 4.24. The minimum absolute atomic E-state index is 0.0221. The third-order valence-electron chi connectivity index (χ3n) is 5.85. The third-order valence-corrected chi connectivity index (χ3v) is 5.85. The highest BCUT2D eigenvalue weighted by atomic mass is 16.2. The molecule has 0 bridgehead atoms.